The van der Waals surface area contributed by atoms with Crippen LogP contribution < -0.4 is 5.32 Å². The van der Waals surface area contributed by atoms with E-state index in [0.717, 1.165) is 57.1 Å². The summed E-state index contributed by atoms with van der Waals surface area (Å²) in [4.78, 5) is 4.57. The monoisotopic (exact) mass is 401 g/mol. The molecule has 1 N–H and O–H groups in total. The van der Waals surface area contributed by atoms with Crippen molar-refractivity contribution < 1.29 is 4.74 Å². The Labute approximate surface area is 172 Å². The number of hydrogen-bond acceptors (Lipinski definition) is 6. The Morgan fingerprint density at radius 3 is 2.93 bits per heavy atom. The van der Waals surface area contributed by atoms with E-state index in [1.54, 1.807) is 7.11 Å². The molecule has 4 rings (SSSR count). The van der Waals surface area contributed by atoms with Crippen LogP contribution in [0.4, 0.5) is 5.82 Å². The van der Waals surface area contributed by atoms with Crippen LogP contribution >= 0.6 is 11.9 Å². The van der Waals surface area contributed by atoms with Gasteiger partial charge in [0.15, 0.2) is 0 Å². The first kappa shape index (κ1) is 19.7. The highest BCUT2D eigenvalue weighted by Crippen LogP contribution is 2.37. The molecule has 2 aliphatic rings. The first-order valence-electron chi connectivity index (χ1n) is 10.2. The quantitative estimate of drug-likeness (QED) is 0.564. The lowest BCUT2D eigenvalue weighted by Gasteiger charge is -2.31. The van der Waals surface area contributed by atoms with Crippen molar-refractivity contribution in [3.8, 4) is 11.1 Å². The first-order valence-corrected chi connectivity index (χ1v) is 11.1. The van der Waals surface area contributed by atoms with Crippen LogP contribution in [0.1, 0.15) is 32.4 Å². The van der Waals surface area contributed by atoms with Crippen molar-refractivity contribution in [3.05, 3.63) is 30.2 Å². The smallest absolute Gasteiger partial charge is 0.126 e. The maximum Gasteiger partial charge on any atom is 0.126 e. The second kappa shape index (κ2) is 8.43. The minimum atomic E-state index is 0.293. The van der Waals surface area contributed by atoms with Crippen molar-refractivity contribution in [1.82, 2.24) is 19.1 Å². The Bertz CT molecular complexity index is 798. The molecule has 0 atom stereocenters. The number of pyridine rings is 1. The lowest BCUT2D eigenvalue weighted by Crippen LogP contribution is -2.36. The SMILES string of the molecule is COCCSN1CCC(Nc2cc(-c3cnn4c3CC(C)(C)C4)ccn2)CC1. The van der Waals surface area contributed by atoms with Crippen LogP contribution in [0.2, 0.25) is 0 Å². The van der Waals surface area contributed by atoms with Crippen LogP contribution in [-0.4, -0.2) is 57.7 Å². The lowest BCUT2D eigenvalue weighted by atomic mass is 9.89. The van der Waals surface area contributed by atoms with Gasteiger partial charge in [0, 0.05) is 56.0 Å². The second-order valence-corrected chi connectivity index (χ2v) is 9.79. The second-order valence-electron chi connectivity index (χ2n) is 8.61. The van der Waals surface area contributed by atoms with Gasteiger partial charge in [-0.15, -0.1) is 0 Å². The maximum absolute atomic E-state index is 5.14. The molecule has 0 bridgehead atoms. The first-order chi connectivity index (χ1) is 13.5. The van der Waals surface area contributed by atoms with E-state index in [-0.39, 0.29) is 0 Å². The van der Waals surface area contributed by atoms with Crippen LogP contribution in [-0.2, 0) is 17.7 Å². The standard InChI is InChI=1S/C21H31N5OS/c1-21(2)13-19-18(14-23-26(19)15-21)16-4-7-22-20(12-16)24-17-5-8-25(9-6-17)28-11-10-27-3/h4,7,12,14,17H,5-6,8-11,13,15H2,1-3H3,(H,22,24). The summed E-state index contributed by atoms with van der Waals surface area (Å²) in [5.41, 5.74) is 4.11. The van der Waals surface area contributed by atoms with E-state index in [2.05, 4.69) is 50.4 Å². The van der Waals surface area contributed by atoms with Gasteiger partial charge in [-0.3, -0.25) is 8.99 Å². The summed E-state index contributed by atoms with van der Waals surface area (Å²) < 4.78 is 9.76. The Morgan fingerprint density at radius 2 is 2.14 bits per heavy atom. The predicted molar refractivity (Wildman–Crippen MR) is 115 cm³/mol. The average molecular weight is 402 g/mol. The summed E-state index contributed by atoms with van der Waals surface area (Å²) in [5, 5.41) is 8.27. The Kier molecular flexibility index (Phi) is 5.94. The van der Waals surface area contributed by atoms with Gasteiger partial charge < -0.3 is 10.1 Å². The fraction of sp³-hybridized carbons (Fsp3) is 0.619. The van der Waals surface area contributed by atoms with E-state index < -0.39 is 0 Å². The molecule has 2 aromatic rings. The molecular weight excluding hydrogens is 370 g/mol. The molecule has 0 aromatic carbocycles. The summed E-state index contributed by atoms with van der Waals surface area (Å²) in [6, 6.07) is 4.77. The topological polar surface area (TPSA) is 55.2 Å². The zero-order valence-electron chi connectivity index (χ0n) is 17.1. The van der Waals surface area contributed by atoms with Crippen molar-refractivity contribution in [2.45, 2.75) is 45.7 Å². The lowest BCUT2D eigenvalue weighted by molar-refractivity contribution is 0.217. The van der Waals surface area contributed by atoms with Crippen LogP contribution in [0.25, 0.3) is 11.1 Å². The normalized spacial score (nSPS) is 19.7. The molecule has 6 nitrogen and oxygen atoms in total. The van der Waals surface area contributed by atoms with Crippen LogP contribution in [0.3, 0.4) is 0 Å². The van der Waals surface area contributed by atoms with E-state index in [4.69, 9.17) is 4.74 Å². The number of rotatable bonds is 7. The van der Waals surface area contributed by atoms with Crippen molar-refractivity contribution >= 4 is 17.8 Å². The Morgan fingerprint density at radius 1 is 1.32 bits per heavy atom. The number of methoxy groups -OCH3 is 1. The molecule has 0 unspecified atom stereocenters. The number of piperidine rings is 1. The highest BCUT2D eigenvalue weighted by Gasteiger charge is 2.31. The minimum Gasteiger partial charge on any atom is -0.384 e. The van der Waals surface area contributed by atoms with Gasteiger partial charge in [-0.25, -0.2) is 4.98 Å². The largest absolute Gasteiger partial charge is 0.384 e. The van der Waals surface area contributed by atoms with E-state index in [1.807, 2.05) is 24.3 Å². The summed E-state index contributed by atoms with van der Waals surface area (Å²) in [6.07, 6.45) is 7.29. The summed E-state index contributed by atoms with van der Waals surface area (Å²) >= 11 is 1.90. The number of aromatic nitrogens is 3. The highest BCUT2D eigenvalue weighted by molar-refractivity contribution is 7.97. The van der Waals surface area contributed by atoms with Gasteiger partial charge >= 0.3 is 0 Å². The zero-order chi connectivity index (χ0) is 19.6. The van der Waals surface area contributed by atoms with E-state index in [9.17, 15) is 0 Å². The predicted octanol–water partition coefficient (Wildman–Crippen LogP) is 3.70. The van der Waals surface area contributed by atoms with Gasteiger partial charge in [0.25, 0.3) is 0 Å². The van der Waals surface area contributed by atoms with Crippen molar-refractivity contribution in [3.63, 3.8) is 0 Å². The fourth-order valence-electron chi connectivity index (χ4n) is 4.15. The number of hydrogen-bond donors (Lipinski definition) is 1. The fourth-order valence-corrected chi connectivity index (χ4v) is 5.12. The van der Waals surface area contributed by atoms with E-state index >= 15 is 0 Å². The molecule has 4 heterocycles. The number of nitrogens with one attached hydrogen (secondary N) is 1. The molecule has 2 aromatic heterocycles. The average Bonchev–Trinajstić information content (AvgIpc) is 3.18. The molecule has 0 spiro atoms. The summed E-state index contributed by atoms with van der Waals surface area (Å²) in [6.45, 7) is 8.65. The highest BCUT2D eigenvalue weighted by atomic mass is 32.2. The number of fused-ring (bicyclic) bond motifs is 1. The molecule has 0 saturated carbocycles. The molecule has 1 saturated heterocycles. The molecule has 28 heavy (non-hydrogen) atoms. The third-order valence-corrected chi connectivity index (χ3v) is 6.69. The molecular formula is C21H31N5OS. The van der Waals surface area contributed by atoms with Gasteiger partial charge in [0.05, 0.1) is 12.8 Å². The molecule has 7 heteroatoms. The number of anilines is 1. The number of ether oxygens (including phenoxy) is 1. The molecule has 0 aliphatic carbocycles. The van der Waals surface area contributed by atoms with Crippen LogP contribution in [0, 0.1) is 5.41 Å². The van der Waals surface area contributed by atoms with Gasteiger partial charge in [0.2, 0.25) is 0 Å². The third kappa shape index (κ3) is 4.53. The van der Waals surface area contributed by atoms with Crippen LogP contribution in [0.15, 0.2) is 24.5 Å². The van der Waals surface area contributed by atoms with Crippen molar-refractivity contribution in [2.75, 3.05) is 37.9 Å². The summed E-state index contributed by atoms with van der Waals surface area (Å²) in [7, 11) is 1.76. The van der Waals surface area contributed by atoms with Crippen molar-refractivity contribution in [1.29, 1.82) is 0 Å². The van der Waals surface area contributed by atoms with E-state index in [0.29, 0.717) is 11.5 Å². The molecule has 152 valence electrons. The molecule has 2 aliphatic heterocycles. The van der Waals surface area contributed by atoms with Gasteiger partial charge in [-0.05, 0) is 42.4 Å². The number of nitrogens with zero attached hydrogens (tertiary/aromatic N) is 4. The minimum absolute atomic E-state index is 0.293. The zero-order valence-corrected chi connectivity index (χ0v) is 18.0. The van der Waals surface area contributed by atoms with Gasteiger partial charge in [-0.1, -0.05) is 25.8 Å². The summed E-state index contributed by atoms with van der Waals surface area (Å²) in [5.74, 6) is 2.01. The van der Waals surface area contributed by atoms with Crippen LogP contribution in [0.5, 0.6) is 0 Å². The maximum atomic E-state index is 5.14. The van der Waals surface area contributed by atoms with Crippen molar-refractivity contribution in [2.24, 2.45) is 5.41 Å². The van der Waals surface area contributed by atoms with Gasteiger partial charge in [-0.2, -0.15) is 5.10 Å². The molecule has 1 fully saturated rings. The third-order valence-electron chi connectivity index (χ3n) is 5.61. The Balaban J connectivity index is 1.37. The molecule has 0 amide bonds. The Hall–Kier alpha value is -1.57. The van der Waals surface area contributed by atoms with E-state index in [1.165, 1.54) is 16.8 Å². The van der Waals surface area contributed by atoms with Gasteiger partial charge in [0.1, 0.15) is 5.82 Å². The molecule has 0 radical (unpaired) electrons.